The molecular weight excluding hydrogens is 361 g/mol. The average molecular weight is 383 g/mol. The number of nitrogens with zero attached hydrogens (tertiary/aromatic N) is 1. The molecule has 0 spiro atoms. The van der Waals surface area contributed by atoms with Gasteiger partial charge in [0.25, 0.3) is 0 Å². The number of fused-ring (bicyclic) bond motifs is 7. The van der Waals surface area contributed by atoms with Crippen molar-refractivity contribution >= 4 is 44.9 Å². The van der Waals surface area contributed by atoms with Crippen LogP contribution in [-0.2, 0) is 5.41 Å². The fourth-order valence-corrected chi connectivity index (χ4v) is 6.31. The highest BCUT2D eigenvalue weighted by molar-refractivity contribution is 6.99. The van der Waals surface area contributed by atoms with E-state index in [1.807, 2.05) is 0 Å². The summed E-state index contributed by atoms with van der Waals surface area (Å²) in [4.78, 5) is 0. The van der Waals surface area contributed by atoms with Gasteiger partial charge in [-0.15, -0.1) is 0 Å². The molecule has 0 atom stereocenters. The average Bonchev–Trinajstić information content (AvgIpc) is 3.10. The van der Waals surface area contributed by atoms with Crippen LogP contribution in [0, 0.1) is 6.92 Å². The molecule has 1 aromatic heterocycles. The molecule has 5 aromatic rings. The highest BCUT2D eigenvalue weighted by atomic mass is 15.0. The predicted molar refractivity (Wildman–Crippen MR) is 129 cm³/mol. The summed E-state index contributed by atoms with van der Waals surface area (Å²) in [6, 6.07) is 29.6. The van der Waals surface area contributed by atoms with Crippen LogP contribution in [0.2, 0.25) is 0 Å². The van der Waals surface area contributed by atoms with Crippen LogP contribution >= 0.6 is 0 Å². The second-order valence-corrected chi connectivity index (χ2v) is 9.43. The molecule has 7 rings (SSSR count). The third kappa shape index (κ3) is 1.73. The molecule has 0 amide bonds. The van der Waals surface area contributed by atoms with Gasteiger partial charge < -0.3 is 4.57 Å². The fraction of sp³-hybridized carbons (Fsp3) is 0.143. The Kier molecular flexibility index (Phi) is 2.90. The monoisotopic (exact) mass is 383 g/mol. The number of aromatic nitrogens is 1. The van der Waals surface area contributed by atoms with Crippen molar-refractivity contribution in [2.45, 2.75) is 26.2 Å². The lowest BCUT2D eigenvalue weighted by molar-refractivity contribution is 0.645. The first-order valence-electron chi connectivity index (χ1n) is 10.8. The number of aryl methyl sites for hydroxylation is 1. The van der Waals surface area contributed by atoms with Gasteiger partial charge in [0, 0.05) is 27.4 Å². The van der Waals surface area contributed by atoms with Gasteiger partial charge in [-0.05, 0) is 41.1 Å². The maximum atomic E-state index is 2.53. The van der Waals surface area contributed by atoms with Crippen molar-refractivity contribution in [2.75, 3.05) is 0 Å². The predicted octanol–water partition coefficient (Wildman–Crippen LogP) is 4.56. The minimum atomic E-state index is -0.0132. The third-order valence-electron chi connectivity index (χ3n) is 7.61. The van der Waals surface area contributed by atoms with E-state index in [-0.39, 0.29) is 5.41 Å². The molecule has 0 unspecified atom stereocenters. The van der Waals surface area contributed by atoms with Gasteiger partial charge in [-0.1, -0.05) is 91.6 Å². The zero-order valence-electron chi connectivity index (χ0n) is 17.5. The molecule has 142 valence electrons. The summed E-state index contributed by atoms with van der Waals surface area (Å²) in [5.74, 6) is 0. The Labute approximate surface area is 177 Å². The van der Waals surface area contributed by atoms with E-state index >= 15 is 0 Å². The first-order valence-corrected chi connectivity index (χ1v) is 10.8. The van der Waals surface area contributed by atoms with Crippen molar-refractivity contribution in [3.05, 3.63) is 95.6 Å². The molecule has 30 heavy (non-hydrogen) atoms. The van der Waals surface area contributed by atoms with Crippen LogP contribution in [0.15, 0.2) is 78.9 Å². The van der Waals surface area contributed by atoms with Gasteiger partial charge in [0.05, 0.1) is 5.52 Å². The van der Waals surface area contributed by atoms with E-state index in [2.05, 4.69) is 104 Å². The summed E-state index contributed by atoms with van der Waals surface area (Å²) in [6.07, 6.45) is 0. The van der Waals surface area contributed by atoms with Crippen molar-refractivity contribution < 1.29 is 0 Å². The van der Waals surface area contributed by atoms with E-state index in [1.54, 1.807) is 0 Å². The summed E-state index contributed by atoms with van der Waals surface area (Å²) >= 11 is 0. The molecule has 2 aliphatic rings. The van der Waals surface area contributed by atoms with Gasteiger partial charge >= 0.3 is 0 Å². The van der Waals surface area contributed by atoms with E-state index in [0.29, 0.717) is 6.71 Å². The number of rotatable bonds is 0. The molecule has 3 heterocycles. The zero-order chi connectivity index (χ0) is 20.2. The molecule has 0 bridgehead atoms. The zero-order valence-corrected chi connectivity index (χ0v) is 17.5. The van der Waals surface area contributed by atoms with Crippen LogP contribution in [0.4, 0.5) is 0 Å². The van der Waals surface area contributed by atoms with Crippen molar-refractivity contribution in [3.63, 3.8) is 0 Å². The summed E-state index contributed by atoms with van der Waals surface area (Å²) in [6.45, 7) is 7.34. The Morgan fingerprint density at radius 3 is 2.37 bits per heavy atom. The van der Waals surface area contributed by atoms with Crippen LogP contribution in [0.25, 0.3) is 27.5 Å². The molecule has 0 aliphatic carbocycles. The van der Waals surface area contributed by atoms with Gasteiger partial charge in [-0.3, -0.25) is 0 Å². The van der Waals surface area contributed by atoms with Crippen LogP contribution in [0.1, 0.15) is 30.5 Å². The number of benzene rings is 4. The van der Waals surface area contributed by atoms with E-state index in [1.165, 1.54) is 60.6 Å². The Bertz CT molecular complexity index is 1540. The van der Waals surface area contributed by atoms with E-state index in [0.717, 1.165) is 0 Å². The smallest absolute Gasteiger partial charge is 0.247 e. The lowest BCUT2D eigenvalue weighted by Crippen LogP contribution is -2.63. The molecule has 0 radical (unpaired) electrons. The minimum absolute atomic E-state index is 0.0132. The Balaban J connectivity index is 1.79. The van der Waals surface area contributed by atoms with Gasteiger partial charge in [0.2, 0.25) is 6.71 Å². The van der Waals surface area contributed by atoms with E-state index < -0.39 is 0 Å². The lowest BCUT2D eigenvalue weighted by atomic mass is 9.30. The van der Waals surface area contributed by atoms with Crippen LogP contribution < -0.4 is 16.4 Å². The van der Waals surface area contributed by atoms with Crippen LogP contribution in [-0.4, -0.2) is 11.3 Å². The van der Waals surface area contributed by atoms with Gasteiger partial charge in [-0.2, -0.15) is 0 Å². The highest BCUT2D eigenvalue weighted by Gasteiger charge is 2.44. The van der Waals surface area contributed by atoms with Crippen LogP contribution in [0.5, 0.6) is 0 Å². The molecular formula is C28H22BN. The normalized spacial score (nSPS) is 15.4. The maximum absolute atomic E-state index is 2.53. The van der Waals surface area contributed by atoms with Gasteiger partial charge in [0.1, 0.15) is 0 Å². The van der Waals surface area contributed by atoms with Crippen molar-refractivity contribution in [2.24, 2.45) is 0 Å². The summed E-state index contributed by atoms with van der Waals surface area (Å²) in [5.41, 5.74) is 12.8. The Morgan fingerprint density at radius 2 is 1.47 bits per heavy atom. The number of hydrogen-bond acceptors (Lipinski definition) is 0. The molecule has 2 heteroatoms. The largest absolute Gasteiger partial charge is 0.310 e. The van der Waals surface area contributed by atoms with E-state index in [9.17, 15) is 0 Å². The highest BCUT2D eigenvalue weighted by Crippen LogP contribution is 2.39. The second kappa shape index (κ2) is 5.26. The standard InChI is InChI=1S/C28H22BN/c1-17-15-16-19-18-9-4-7-13-23(18)30-24-14-8-11-21-26(24)29(25(17)27(19)30)22-12-6-5-10-20(22)28(21,2)3/h4-16H,1-3H3. The van der Waals surface area contributed by atoms with Crippen molar-refractivity contribution in [1.29, 1.82) is 0 Å². The molecule has 0 N–H and O–H groups in total. The SMILES string of the molecule is Cc1ccc2c3ccccc3n3c2c1B1c2ccccc2C(C)(C)c2cccc-3c21. The number of para-hydroxylation sites is 1. The molecule has 4 aromatic carbocycles. The first-order chi connectivity index (χ1) is 14.6. The van der Waals surface area contributed by atoms with Crippen LogP contribution in [0.3, 0.4) is 0 Å². The van der Waals surface area contributed by atoms with Gasteiger partial charge in [-0.25, -0.2) is 0 Å². The van der Waals surface area contributed by atoms with Crippen molar-refractivity contribution in [3.8, 4) is 5.69 Å². The molecule has 2 aliphatic heterocycles. The Hall–Kier alpha value is -3.26. The minimum Gasteiger partial charge on any atom is -0.310 e. The quantitative estimate of drug-likeness (QED) is 0.339. The second-order valence-electron chi connectivity index (χ2n) is 9.43. The van der Waals surface area contributed by atoms with Crippen molar-refractivity contribution in [1.82, 2.24) is 4.57 Å². The topological polar surface area (TPSA) is 4.93 Å². The lowest BCUT2D eigenvalue weighted by Gasteiger charge is -2.42. The summed E-state index contributed by atoms with van der Waals surface area (Å²) < 4.78 is 2.53. The first kappa shape index (κ1) is 16.5. The van der Waals surface area contributed by atoms with E-state index in [4.69, 9.17) is 0 Å². The molecule has 0 fully saturated rings. The summed E-state index contributed by atoms with van der Waals surface area (Å²) in [5, 5.41) is 2.71. The number of hydrogen-bond donors (Lipinski definition) is 0. The molecule has 0 saturated carbocycles. The Morgan fingerprint density at radius 1 is 0.700 bits per heavy atom. The summed E-state index contributed by atoms with van der Waals surface area (Å²) in [7, 11) is 0. The maximum Gasteiger partial charge on any atom is 0.247 e. The fourth-order valence-electron chi connectivity index (χ4n) is 6.31. The third-order valence-corrected chi connectivity index (χ3v) is 7.61. The molecule has 0 saturated heterocycles. The van der Waals surface area contributed by atoms with Gasteiger partial charge in [0.15, 0.2) is 0 Å². The molecule has 1 nitrogen and oxygen atoms in total.